The third-order valence-electron chi connectivity index (χ3n) is 3.94. The molecule has 0 spiro atoms. The van der Waals surface area contributed by atoms with Crippen LogP contribution >= 0.6 is 27.3 Å². The van der Waals surface area contributed by atoms with E-state index in [0.29, 0.717) is 5.56 Å². The maximum Gasteiger partial charge on any atom is 0.273 e. The van der Waals surface area contributed by atoms with E-state index in [1.807, 2.05) is 47.8 Å². The predicted molar refractivity (Wildman–Crippen MR) is 111 cm³/mol. The fraction of sp³-hybridized carbons (Fsp3) is 0. The number of hydrazone groups is 1. The first-order chi connectivity index (χ1) is 12.7. The molecule has 2 N–H and O–H groups in total. The van der Waals surface area contributed by atoms with Gasteiger partial charge < -0.3 is 4.98 Å². The first-order valence-corrected chi connectivity index (χ1v) is 9.62. The highest BCUT2D eigenvalue weighted by Gasteiger charge is 2.12. The van der Waals surface area contributed by atoms with Crippen LogP contribution in [0.1, 0.15) is 15.9 Å². The summed E-state index contributed by atoms with van der Waals surface area (Å²) in [5.41, 5.74) is 5.90. The topological polar surface area (TPSA) is 57.2 Å². The number of nitrogens with one attached hydrogen (secondary N) is 2. The summed E-state index contributed by atoms with van der Waals surface area (Å²) in [6, 6.07) is 19.5. The predicted octanol–water partition coefficient (Wildman–Crippen LogP) is 5.42. The Bertz CT molecular complexity index is 1080. The van der Waals surface area contributed by atoms with E-state index in [2.05, 4.69) is 43.6 Å². The molecule has 0 aliphatic heterocycles. The Labute approximate surface area is 162 Å². The second-order valence-electron chi connectivity index (χ2n) is 5.68. The van der Waals surface area contributed by atoms with Crippen molar-refractivity contribution in [1.29, 1.82) is 0 Å². The monoisotopic (exact) mass is 423 g/mol. The minimum absolute atomic E-state index is 0.247. The van der Waals surface area contributed by atoms with Gasteiger partial charge in [-0.1, -0.05) is 46.3 Å². The molecule has 2 heterocycles. The average Bonchev–Trinajstić information content (AvgIpc) is 3.32. The van der Waals surface area contributed by atoms with Crippen molar-refractivity contribution in [2.45, 2.75) is 0 Å². The summed E-state index contributed by atoms with van der Waals surface area (Å²) in [7, 11) is 0. The molecule has 4 nitrogen and oxygen atoms in total. The zero-order valence-corrected chi connectivity index (χ0v) is 16.0. The molecule has 0 bridgehead atoms. The summed E-state index contributed by atoms with van der Waals surface area (Å²) in [5, 5.41) is 7.09. The number of amides is 1. The zero-order valence-electron chi connectivity index (χ0n) is 13.6. The first kappa shape index (κ1) is 16.8. The van der Waals surface area contributed by atoms with E-state index in [-0.39, 0.29) is 5.91 Å². The van der Waals surface area contributed by atoms with E-state index in [1.165, 1.54) is 0 Å². The van der Waals surface area contributed by atoms with Crippen LogP contribution in [0.3, 0.4) is 0 Å². The molecule has 128 valence electrons. The van der Waals surface area contributed by atoms with Gasteiger partial charge in [0, 0.05) is 9.86 Å². The number of aromatic amines is 1. The lowest BCUT2D eigenvalue weighted by Gasteiger charge is -2.02. The van der Waals surface area contributed by atoms with E-state index >= 15 is 0 Å². The summed E-state index contributed by atoms with van der Waals surface area (Å²) < 4.78 is 0.999. The van der Waals surface area contributed by atoms with E-state index in [0.717, 1.165) is 31.5 Å². The molecule has 0 unspecified atom stereocenters. The van der Waals surface area contributed by atoms with Crippen molar-refractivity contribution in [2.24, 2.45) is 5.10 Å². The van der Waals surface area contributed by atoms with Gasteiger partial charge in [0.05, 0.1) is 27.9 Å². The van der Waals surface area contributed by atoms with Crippen LogP contribution in [0.15, 0.2) is 75.6 Å². The summed E-state index contributed by atoms with van der Waals surface area (Å²) in [6.07, 6.45) is 1.62. The van der Waals surface area contributed by atoms with Gasteiger partial charge in [-0.15, -0.1) is 11.3 Å². The average molecular weight is 424 g/mol. The number of nitrogens with zero attached hydrogens (tertiary/aromatic N) is 1. The van der Waals surface area contributed by atoms with Crippen LogP contribution in [0.25, 0.3) is 21.5 Å². The highest BCUT2D eigenvalue weighted by molar-refractivity contribution is 9.10. The smallest absolute Gasteiger partial charge is 0.273 e. The molecule has 0 atom stereocenters. The van der Waals surface area contributed by atoms with Crippen LogP contribution in [0.2, 0.25) is 0 Å². The standard InChI is InChI=1S/C20H14BrN3OS/c21-15-8-6-13(7-9-15)12-22-24-20(25)16-4-1-3-14-11-17(23-19(14)16)18-5-2-10-26-18/h1-12,23H,(H,24,25)/b22-12+. The quantitative estimate of drug-likeness (QED) is 0.334. The number of fused-ring (bicyclic) bond motifs is 1. The number of hydrogen-bond acceptors (Lipinski definition) is 3. The van der Waals surface area contributed by atoms with Gasteiger partial charge in [0.25, 0.3) is 5.91 Å². The highest BCUT2D eigenvalue weighted by Crippen LogP contribution is 2.29. The van der Waals surface area contributed by atoms with Gasteiger partial charge in [0.15, 0.2) is 0 Å². The van der Waals surface area contributed by atoms with Crippen molar-refractivity contribution >= 4 is 50.3 Å². The molecule has 26 heavy (non-hydrogen) atoms. The van der Waals surface area contributed by atoms with E-state index in [4.69, 9.17) is 0 Å². The summed E-state index contributed by atoms with van der Waals surface area (Å²) >= 11 is 5.05. The molecule has 2 aromatic carbocycles. The highest BCUT2D eigenvalue weighted by atomic mass is 79.9. The van der Waals surface area contributed by atoms with Crippen LogP contribution in [-0.4, -0.2) is 17.1 Å². The SMILES string of the molecule is O=C(N/N=C/c1ccc(Br)cc1)c1cccc2cc(-c3cccs3)[nH]c12. The van der Waals surface area contributed by atoms with Gasteiger partial charge in [-0.25, -0.2) is 5.43 Å². The summed E-state index contributed by atoms with van der Waals surface area (Å²) in [5.74, 6) is -0.247. The van der Waals surface area contributed by atoms with Crippen LogP contribution in [-0.2, 0) is 0 Å². The Morgan fingerprint density at radius 1 is 1.12 bits per heavy atom. The molecule has 4 aromatic rings. The van der Waals surface area contributed by atoms with Gasteiger partial charge in [-0.05, 0) is 41.3 Å². The molecule has 1 amide bonds. The van der Waals surface area contributed by atoms with Crippen molar-refractivity contribution in [3.8, 4) is 10.6 Å². The third kappa shape index (κ3) is 3.47. The fourth-order valence-electron chi connectivity index (χ4n) is 2.68. The number of carbonyl (C=O) groups excluding carboxylic acids is 1. The number of thiophene rings is 1. The first-order valence-electron chi connectivity index (χ1n) is 7.95. The van der Waals surface area contributed by atoms with Gasteiger partial charge in [-0.2, -0.15) is 5.10 Å². The molecule has 2 aromatic heterocycles. The summed E-state index contributed by atoms with van der Waals surface area (Å²) in [6.45, 7) is 0. The molecule has 0 saturated heterocycles. The Kier molecular flexibility index (Phi) is 4.69. The molecular formula is C20H14BrN3OS. The van der Waals surface area contributed by atoms with Crippen molar-refractivity contribution in [3.63, 3.8) is 0 Å². The van der Waals surface area contributed by atoms with Crippen LogP contribution < -0.4 is 5.43 Å². The van der Waals surface area contributed by atoms with Gasteiger partial charge in [0.2, 0.25) is 0 Å². The molecule has 0 fully saturated rings. The maximum absolute atomic E-state index is 12.5. The Morgan fingerprint density at radius 2 is 1.96 bits per heavy atom. The Hall–Kier alpha value is -2.70. The van der Waals surface area contributed by atoms with E-state index < -0.39 is 0 Å². The largest absolute Gasteiger partial charge is 0.353 e. The Morgan fingerprint density at radius 3 is 2.73 bits per heavy atom. The molecule has 0 aliphatic rings. The number of rotatable bonds is 4. The van der Waals surface area contributed by atoms with Crippen molar-refractivity contribution in [1.82, 2.24) is 10.4 Å². The van der Waals surface area contributed by atoms with Gasteiger partial charge in [0.1, 0.15) is 0 Å². The molecule has 0 radical (unpaired) electrons. The minimum atomic E-state index is -0.247. The zero-order chi connectivity index (χ0) is 17.9. The molecule has 0 saturated carbocycles. The lowest BCUT2D eigenvalue weighted by Crippen LogP contribution is -2.18. The minimum Gasteiger partial charge on any atom is -0.353 e. The number of benzene rings is 2. The lowest BCUT2D eigenvalue weighted by atomic mass is 10.1. The number of hydrogen-bond donors (Lipinski definition) is 2. The molecule has 0 aliphatic carbocycles. The number of H-pyrrole nitrogens is 1. The number of carbonyl (C=O) groups is 1. The number of aromatic nitrogens is 1. The second kappa shape index (κ2) is 7.27. The normalized spacial score (nSPS) is 11.3. The van der Waals surface area contributed by atoms with Crippen molar-refractivity contribution in [3.05, 3.63) is 81.6 Å². The summed E-state index contributed by atoms with van der Waals surface area (Å²) in [4.78, 5) is 17.0. The van der Waals surface area contributed by atoms with Crippen LogP contribution in [0.4, 0.5) is 0 Å². The Balaban J connectivity index is 1.57. The maximum atomic E-state index is 12.5. The number of para-hydroxylation sites is 1. The molecule has 6 heteroatoms. The van der Waals surface area contributed by atoms with Crippen molar-refractivity contribution in [2.75, 3.05) is 0 Å². The van der Waals surface area contributed by atoms with Crippen LogP contribution in [0.5, 0.6) is 0 Å². The van der Waals surface area contributed by atoms with Crippen LogP contribution in [0, 0.1) is 0 Å². The van der Waals surface area contributed by atoms with Gasteiger partial charge in [-0.3, -0.25) is 4.79 Å². The number of halogens is 1. The third-order valence-corrected chi connectivity index (χ3v) is 5.37. The molecular weight excluding hydrogens is 410 g/mol. The second-order valence-corrected chi connectivity index (χ2v) is 7.54. The van der Waals surface area contributed by atoms with Crippen molar-refractivity contribution < 1.29 is 4.79 Å². The van der Waals surface area contributed by atoms with Gasteiger partial charge >= 0.3 is 0 Å². The van der Waals surface area contributed by atoms with E-state index in [1.54, 1.807) is 23.6 Å². The fourth-order valence-corrected chi connectivity index (χ4v) is 3.65. The lowest BCUT2D eigenvalue weighted by molar-refractivity contribution is 0.0956. The molecule has 4 rings (SSSR count). The van der Waals surface area contributed by atoms with E-state index in [9.17, 15) is 4.79 Å².